The van der Waals surface area contributed by atoms with Crippen molar-refractivity contribution in [3.63, 3.8) is 0 Å². The standard InChI is InChI=1S/C13H20N2O.ClH/c1-8(2)12(14)13(16)15-11-7-9(3)5-6-10(11)4;/h5-8,12H,14H2,1-4H3,(H,15,16);1H/t12-;/m1./s1. The van der Waals surface area contributed by atoms with Crippen LogP contribution >= 0.6 is 12.4 Å². The smallest absolute Gasteiger partial charge is 0.241 e. The Kier molecular flexibility index (Phi) is 6.21. The second-order valence-corrected chi connectivity index (χ2v) is 4.58. The molecule has 0 saturated carbocycles. The van der Waals surface area contributed by atoms with Crippen molar-refractivity contribution in [2.24, 2.45) is 11.7 Å². The predicted octanol–water partition coefficient (Wildman–Crippen LogP) is 2.65. The number of carbonyl (C=O) groups is 1. The number of anilines is 1. The average molecular weight is 257 g/mol. The van der Waals surface area contributed by atoms with Gasteiger partial charge in [0.2, 0.25) is 5.91 Å². The van der Waals surface area contributed by atoms with E-state index in [-0.39, 0.29) is 24.2 Å². The third kappa shape index (κ3) is 4.36. The molecule has 0 aromatic heterocycles. The monoisotopic (exact) mass is 256 g/mol. The van der Waals surface area contributed by atoms with Gasteiger partial charge in [0.1, 0.15) is 0 Å². The van der Waals surface area contributed by atoms with Crippen LogP contribution in [0.2, 0.25) is 0 Å². The molecule has 3 N–H and O–H groups in total. The van der Waals surface area contributed by atoms with E-state index in [4.69, 9.17) is 5.73 Å². The fourth-order valence-electron chi connectivity index (χ4n) is 1.39. The zero-order valence-corrected chi connectivity index (χ0v) is 11.6. The molecule has 0 fully saturated rings. The third-order valence-electron chi connectivity index (χ3n) is 2.67. The van der Waals surface area contributed by atoms with Gasteiger partial charge in [0, 0.05) is 5.69 Å². The molecule has 3 nitrogen and oxygen atoms in total. The van der Waals surface area contributed by atoms with E-state index in [0.29, 0.717) is 0 Å². The van der Waals surface area contributed by atoms with Crippen molar-refractivity contribution in [3.8, 4) is 0 Å². The Morgan fingerprint density at radius 3 is 2.41 bits per heavy atom. The molecule has 0 aliphatic carbocycles. The lowest BCUT2D eigenvalue weighted by molar-refractivity contribution is -0.118. The van der Waals surface area contributed by atoms with E-state index in [1.807, 2.05) is 45.9 Å². The number of amides is 1. The zero-order valence-electron chi connectivity index (χ0n) is 10.8. The van der Waals surface area contributed by atoms with Crippen LogP contribution in [0.25, 0.3) is 0 Å². The van der Waals surface area contributed by atoms with Crippen LogP contribution in [0.3, 0.4) is 0 Å². The van der Waals surface area contributed by atoms with Crippen LogP contribution in [-0.4, -0.2) is 11.9 Å². The first kappa shape index (κ1) is 15.9. The van der Waals surface area contributed by atoms with E-state index in [2.05, 4.69) is 5.32 Å². The highest BCUT2D eigenvalue weighted by Crippen LogP contribution is 2.16. The molecule has 0 aliphatic heterocycles. The lowest BCUT2D eigenvalue weighted by atomic mass is 10.0. The minimum absolute atomic E-state index is 0. The van der Waals surface area contributed by atoms with Gasteiger partial charge in [0.25, 0.3) is 0 Å². The van der Waals surface area contributed by atoms with Crippen molar-refractivity contribution >= 4 is 24.0 Å². The number of halogens is 1. The minimum Gasteiger partial charge on any atom is -0.324 e. The first-order valence-corrected chi connectivity index (χ1v) is 5.55. The van der Waals surface area contributed by atoms with Gasteiger partial charge >= 0.3 is 0 Å². The summed E-state index contributed by atoms with van der Waals surface area (Å²) in [5.74, 6) is 0.0221. The summed E-state index contributed by atoms with van der Waals surface area (Å²) in [5, 5.41) is 2.87. The second-order valence-electron chi connectivity index (χ2n) is 4.58. The van der Waals surface area contributed by atoms with E-state index in [0.717, 1.165) is 16.8 Å². The highest BCUT2D eigenvalue weighted by molar-refractivity contribution is 5.95. The second kappa shape index (κ2) is 6.62. The van der Waals surface area contributed by atoms with Crippen molar-refractivity contribution in [2.45, 2.75) is 33.7 Å². The molecule has 17 heavy (non-hydrogen) atoms. The Morgan fingerprint density at radius 2 is 1.88 bits per heavy atom. The van der Waals surface area contributed by atoms with Crippen molar-refractivity contribution < 1.29 is 4.79 Å². The Hall–Kier alpha value is -1.06. The summed E-state index contributed by atoms with van der Waals surface area (Å²) in [6.07, 6.45) is 0. The lowest BCUT2D eigenvalue weighted by Crippen LogP contribution is -2.39. The maximum absolute atomic E-state index is 11.8. The van der Waals surface area contributed by atoms with Gasteiger partial charge in [-0.3, -0.25) is 4.79 Å². The number of hydrogen-bond donors (Lipinski definition) is 2. The number of nitrogens with one attached hydrogen (secondary N) is 1. The zero-order chi connectivity index (χ0) is 12.3. The van der Waals surface area contributed by atoms with Gasteiger partial charge in [-0.05, 0) is 37.0 Å². The molecule has 0 spiro atoms. The van der Waals surface area contributed by atoms with Gasteiger partial charge in [-0.15, -0.1) is 12.4 Å². The highest BCUT2D eigenvalue weighted by Gasteiger charge is 2.17. The van der Waals surface area contributed by atoms with Crippen molar-refractivity contribution in [1.82, 2.24) is 0 Å². The minimum atomic E-state index is -0.458. The van der Waals surface area contributed by atoms with Crippen LogP contribution < -0.4 is 11.1 Å². The van der Waals surface area contributed by atoms with Crippen LogP contribution in [-0.2, 0) is 4.79 Å². The Morgan fingerprint density at radius 1 is 1.29 bits per heavy atom. The number of aryl methyl sites for hydroxylation is 2. The number of nitrogens with two attached hydrogens (primary N) is 1. The van der Waals surface area contributed by atoms with Crippen molar-refractivity contribution in [1.29, 1.82) is 0 Å². The Bertz CT molecular complexity index is 391. The molecule has 4 heteroatoms. The first-order chi connectivity index (χ1) is 7.41. The summed E-state index contributed by atoms with van der Waals surface area (Å²) < 4.78 is 0. The number of carbonyl (C=O) groups excluding carboxylic acids is 1. The summed E-state index contributed by atoms with van der Waals surface area (Å²) in [4.78, 5) is 11.8. The van der Waals surface area contributed by atoms with Gasteiger partial charge in [0.15, 0.2) is 0 Å². The third-order valence-corrected chi connectivity index (χ3v) is 2.67. The summed E-state index contributed by atoms with van der Waals surface area (Å²) in [6.45, 7) is 7.84. The molecule has 0 unspecified atom stereocenters. The maximum atomic E-state index is 11.8. The molecule has 1 rings (SSSR count). The van der Waals surface area contributed by atoms with Crippen LogP contribution in [0.15, 0.2) is 18.2 Å². The largest absolute Gasteiger partial charge is 0.324 e. The quantitative estimate of drug-likeness (QED) is 0.874. The molecule has 1 aromatic carbocycles. The van der Waals surface area contributed by atoms with E-state index >= 15 is 0 Å². The summed E-state index contributed by atoms with van der Waals surface area (Å²) in [5.41, 5.74) is 8.81. The number of rotatable bonds is 3. The van der Waals surface area contributed by atoms with Gasteiger partial charge in [-0.2, -0.15) is 0 Å². The van der Waals surface area contributed by atoms with E-state index in [1.165, 1.54) is 0 Å². The summed E-state index contributed by atoms with van der Waals surface area (Å²) in [6, 6.07) is 5.51. The number of benzene rings is 1. The highest BCUT2D eigenvalue weighted by atomic mass is 35.5. The van der Waals surface area contributed by atoms with Crippen LogP contribution in [0.5, 0.6) is 0 Å². The lowest BCUT2D eigenvalue weighted by Gasteiger charge is -2.16. The fraction of sp³-hybridized carbons (Fsp3) is 0.462. The van der Waals surface area contributed by atoms with Crippen LogP contribution in [0, 0.1) is 19.8 Å². The first-order valence-electron chi connectivity index (χ1n) is 5.55. The van der Waals surface area contributed by atoms with Gasteiger partial charge in [-0.1, -0.05) is 26.0 Å². The molecular weight excluding hydrogens is 236 g/mol. The molecule has 1 amide bonds. The maximum Gasteiger partial charge on any atom is 0.241 e. The SMILES string of the molecule is Cc1ccc(C)c(NC(=O)[C@H](N)C(C)C)c1.Cl. The van der Waals surface area contributed by atoms with Gasteiger partial charge in [-0.25, -0.2) is 0 Å². The molecule has 1 atom stereocenters. The number of hydrogen-bond acceptors (Lipinski definition) is 2. The molecule has 0 radical (unpaired) electrons. The average Bonchev–Trinajstić information content (AvgIpc) is 2.22. The van der Waals surface area contributed by atoms with E-state index in [9.17, 15) is 4.79 Å². The molecule has 0 heterocycles. The molecule has 0 bridgehead atoms. The summed E-state index contributed by atoms with van der Waals surface area (Å²) in [7, 11) is 0. The van der Waals surface area contributed by atoms with E-state index < -0.39 is 6.04 Å². The van der Waals surface area contributed by atoms with Gasteiger partial charge in [0.05, 0.1) is 6.04 Å². The normalized spacial score (nSPS) is 11.9. The summed E-state index contributed by atoms with van der Waals surface area (Å²) >= 11 is 0. The molecule has 1 aromatic rings. The molecule has 96 valence electrons. The topological polar surface area (TPSA) is 55.1 Å². The van der Waals surface area contributed by atoms with Crippen molar-refractivity contribution in [2.75, 3.05) is 5.32 Å². The van der Waals surface area contributed by atoms with E-state index in [1.54, 1.807) is 0 Å². The fourth-order valence-corrected chi connectivity index (χ4v) is 1.39. The van der Waals surface area contributed by atoms with Gasteiger partial charge < -0.3 is 11.1 Å². The molecule has 0 saturated heterocycles. The molecule has 0 aliphatic rings. The van der Waals surface area contributed by atoms with Crippen LogP contribution in [0.1, 0.15) is 25.0 Å². The Balaban J connectivity index is 0.00000256. The Labute approximate surface area is 109 Å². The predicted molar refractivity (Wildman–Crippen MR) is 74.6 cm³/mol. The van der Waals surface area contributed by atoms with Crippen molar-refractivity contribution in [3.05, 3.63) is 29.3 Å². The van der Waals surface area contributed by atoms with Crippen LogP contribution in [0.4, 0.5) is 5.69 Å². The molecular formula is C13H21ClN2O.